The van der Waals surface area contributed by atoms with Gasteiger partial charge in [0.05, 0.1) is 6.61 Å². The number of amides is 1. The summed E-state index contributed by atoms with van der Waals surface area (Å²) in [7, 11) is 1.58. The van der Waals surface area contributed by atoms with E-state index in [2.05, 4.69) is 26.8 Å². The third-order valence-electron chi connectivity index (χ3n) is 1.76. The van der Waals surface area contributed by atoms with Gasteiger partial charge in [-0.3, -0.25) is 10.2 Å². The Morgan fingerprint density at radius 1 is 1.56 bits per heavy atom. The van der Waals surface area contributed by atoms with Gasteiger partial charge in [-0.25, -0.2) is 9.82 Å². The predicted octanol–water partition coefficient (Wildman–Crippen LogP) is 1.36. The lowest BCUT2D eigenvalue weighted by molar-refractivity contribution is -0.126. The van der Waals surface area contributed by atoms with Crippen molar-refractivity contribution >= 4 is 21.8 Å². The molecule has 0 fully saturated rings. The molecule has 0 heterocycles. The van der Waals surface area contributed by atoms with Gasteiger partial charge in [0, 0.05) is 17.1 Å². The number of carbonyl (C=O) groups excluding carboxylic acids is 1. The van der Waals surface area contributed by atoms with Gasteiger partial charge in [-0.1, -0.05) is 15.9 Å². The van der Waals surface area contributed by atoms with Crippen LogP contribution in [0.25, 0.3) is 0 Å². The van der Waals surface area contributed by atoms with Crippen molar-refractivity contribution in [1.82, 2.24) is 10.9 Å². The molecule has 1 aromatic rings. The first-order valence-electron chi connectivity index (χ1n) is 4.60. The topological polar surface area (TPSA) is 50.4 Å². The molecule has 6 heteroatoms. The third-order valence-corrected chi connectivity index (χ3v) is 2.26. The van der Waals surface area contributed by atoms with Crippen LogP contribution in [0.3, 0.4) is 0 Å². The van der Waals surface area contributed by atoms with Crippen LogP contribution in [0.1, 0.15) is 5.56 Å². The molecule has 0 aromatic heterocycles. The van der Waals surface area contributed by atoms with E-state index in [1.807, 2.05) is 0 Å². The van der Waals surface area contributed by atoms with Gasteiger partial charge in [-0.05, 0) is 18.2 Å². The predicted molar refractivity (Wildman–Crippen MR) is 61.0 cm³/mol. The minimum absolute atomic E-state index is 0.0579. The SMILES string of the molecule is CNNC(=O)COCc1cc(Br)ccc1F. The van der Waals surface area contributed by atoms with Crippen LogP contribution in [0.2, 0.25) is 0 Å². The minimum atomic E-state index is -0.350. The van der Waals surface area contributed by atoms with Crippen molar-refractivity contribution in [2.24, 2.45) is 0 Å². The Kier molecular flexibility index (Phi) is 5.37. The number of hydrogen-bond acceptors (Lipinski definition) is 3. The van der Waals surface area contributed by atoms with Crippen LogP contribution in [0.4, 0.5) is 4.39 Å². The quantitative estimate of drug-likeness (QED) is 0.805. The normalized spacial score (nSPS) is 10.2. The number of carbonyl (C=O) groups is 1. The first-order chi connectivity index (χ1) is 7.63. The summed E-state index contributed by atoms with van der Waals surface area (Å²) in [5.74, 6) is -0.657. The van der Waals surface area contributed by atoms with Gasteiger partial charge in [0.2, 0.25) is 0 Å². The summed E-state index contributed by atoms with van der Waals surface area (Å²) in [5.41, 5.74) is 5.23. The van der Waals surface area contributed by atoms with E-state index < -0.39 is 0 Å². The first kappa shape index (κ1) is 13.1. The number of hydrogen-bond donors (Lipinski definition) is 2. The van der Waals surface area contributed by atoms with Crippen LogP contribution in [-0.4, -0.2) is 19.6 Å². The van der Waals surface area contributed by atoms with Crippen LogP contribution >= 0.6 is 15.9 Å². The summed E-state index contributed by atoms with van der Waals surface area (Å²) in [6.45, 7) is -0.0603. The molecule has 1 rings (SSSR count). The molecule has 0 unspecified atom stereocenters. The summed E-state index contributed by atoms with van der Waals surface area (Å²) in [4.78, 5) is 11.0. The van der Waals surface area contributed by atoms with Crippen LogP contribution in [0, 0.1) is 5.82 Å². The van der Waals surface area contributed by atoms with Crippen LogP contribution in [0.5, 0.6) is 0 Å². The van der Waals surface area contributed by atoms with Gasteiger partial charge in [-0.2, -0.15) is 0 Å². The van der Waals surface area contributed by atoms with E-state index in [0.717, 1.165) is 4.47 Å². The minimum Gasteiger partial charge on any atom is -0.367 e. The highest BCUT2D eigenvalue weighted by atomic mass is 79.9. The number of hydrazine groups is 1. The highest BCUT2D eigenvalue weighted by molar-refractivity contribution is 9.10. The molecule has 0 aliphatic rings. The van der Waals surface area contributed by atoms with E-state index in [9.17, 15) is 9.18 Å². The highest BCUT2D eigenvalue weighted by Crippen LogP contribution is 2.16. The Balaban J connectivity index is 2.42. The molecule has 1 amide bonds. The molecule has 0 atom stereocenters. The lowest BCUT2D eigenvalue weighted by atomic mass is 10.2. The van der Waals surface area contributed by atoms with Gasteiger partial charge in [0.1, 0.15) is 12.4 Å². The van der Waals surface area contributed by atoms with Crippen molar-refractivity contribution in [3.63, 3.8) is 0 Å². The molecule has 2 N–H and O–H groups in total. The fourth-order valence-corrected chi connectivity index (χ4v) is 1.49. The maximum Gasteiger partial charge on any atom is 0.260 e. The second-order valence-electron chi connectivity index (χ2n) is 3.03. The average molecular weight is 291 g/mol. The Hall–Kier alpha value is -0.980. The molecule has 88 valence electrons. The van der Waals surface area contributed by atoms with Crippen LogP contribution in [0.15, 0.2) is 22.7 Å². The van der Waals surface area contributed by atoms with E-state index in [-0.39, 0.29) is 24.9 Å². The van der Waals surface area contributed by atoms with Crippen molar-refractivity contribution in [2.75, 3.05) is 13.7 Å². The van der Waals surface area contributed by atoms with Gasteiger partial charge in [0.25, 0.3) is 5.91 Å². The van der Waals surface area contributed by atoms with Crippen molar-refractivity contribution in [3.05, 3.63) is 34.1 Å². The summed E-state index contributed by atoms with van der Waals surface area (Å²) in [6.07, 6.45) is 0. The number of halogens is 2. The lowest BCUT2D eigenvalue weighted by Gasteiger charge is -2.06. The zero-order valence-electron chi connectivity index (χ0n) is 8.72. The summed E-state index contributed by atoms with van der Waals surface area (Å²) in [6, 6.07) is 4.56. The van der Waals surface area contributed by atoms with E-state index in [1.54, 1.807) is 19.2 Å². The van der Waals surface area contributed by atoms with Gasteiger partial charge in [-0.15, -0.1) is 0 Å². The molecule has 4 nitrogen and oxygen atoms in total. The molecule has 0 aliphatic heterocycles. The van der Waals surface area contributed by atoms with Gasteiger partial charge < -0.3 is 4.74 Å². The molecular formula is C10H12BrFN2O2. The number of nitrogens with one attached hydrogen (secondary N) is 2. The first-order valence-corrected chi connectivity index (χ1v) is 5.40. The molecule has 0 saturated carbocycles. The molecule has 16 heavy (non-hydrogen) atoms. The lowest BCUT2D eigenvalue weighted by Crippen LogP contribution is -2.36. The van der Waals surface area contributed by atoms with E-state index >= 15 is 0 Å². The Morgan fingerprint density at radius 2 is 2.31 bits per heavy atom. The molecule has 0 saturated heterocycles. The number of benzene rings is 1. The zero-order valence-corrected chi connectivity index (χ0v) is 10.3. The van der Waals surface area contributed by atoms with Crippen molar-refractivity contribution in [3.8, 4) is 0 Å². The smallest absolute Gasteiger partial charge is 0.260 e. The fraction of sp³-hybridized carbons (Fsp3) is 0.300. The molecule has 1 aromatic carbocycles. The second-order valence-corrected chi connectivity index (χ2v) is 3.94. The molecule has 0 aliphatic carbocycles. The summed E-state index contributed by atoms with van der Waals surface area (Å²) >= 11 is 3.23. The van der Waals surface area contributed by atoms with Gasteiger partial charge >= 0.3 is 0 Å². The molecule has 0 radical (unpaired) electrons. The maximum absolute atomic E-state index is 13.2. The Morgan fingerprint density at radius 3 is 3.00 bits per heavy atom. The zero-order chi connectivity index (χ0) is 12.0. The monoisotopic (exact) mass is 290 g/mol. The van der Waals surface area contributed by atoms with E-state index in [4.69, 9.17) is 4.74 Å². The van der Waals surface area contributed by atoms with E-state index in [0.29, 0.717) is 5.56 Å². The van der Waals surface area contributed by atoms with Crippen LogP contribution in [-0.2, 0) is 16.1 Å². The van der Waals surface area contributed by atoms with Crippen molar-refractivity contribution in [1.29, 1.82) is 0 Å². The fourth-order valence-electron chi connectivity index (χ4n) is 1.08. The molecule has 0 bridgehead atoms. The standard InChI is InChI=1S/C10H12BrFN2O2/c1-13-14-10(15)6-16-5-7-4-8(11)2-3-9(7)12/h2-4,13H,5-6H2,1H3,(H,14,15). The number of ether oxygens (including phenoxy) is 1. The Labute approximate surface area is 101 Å². The molecular weight excluding hydrogens is 279 g/mol. The van der Waals surface area contributed by atoms with Gasteiger partial charge in [0.15, 0.2) is 0 Å². The number of rotatable bonds is 5. The highest BCUT2D eigenvalue weighted by Gasteiger charge is 2.04. The largest absolute Gasteiger partial charge is 0.367 e. The van der Waals surface area contributed by atoms with Crippen LogP contribution < -0.4 is 10.9 Å². The molecule has 0 spiro atoms. The third kappa shape index (κ3) is 4.26. The second kappa shape index (κ2) is 6.57. The summed E-state index contributed by atoms with van der Waals surface area (Å²) < 4.78 is 19.1. The Bertz CT molecular complexity index is 374. The van der Waals surface area contributed by atoms with Crippen molar-refractivity contribution in [2.45, 2.75) is 6.61 Å². The maximum atomic E-state index is 13.2. The van der Waals surface area contributed by atoms with Crippen molar-refractivity contribution < 1.29 is 13.9 Å². The average Bonchev–Trinajstić information content (AvgIpc) is 2.23. The van der Waals surface area contributed by atoms with E-state index in [1.165, 1.54) is 6.07 Å². The summed E-state index contributed by atoms with van der Waals surface area (Å²) in [5, 5.41) is 0.